The van der Waals surface area contributed by atoms with E-state index in [1.165, 1.54) is 11.3 Å². The van der Waals surface area contributed by atoms with E-state index in [1.807, 2.05) is 26.2 Å². The van der Waals surface area contributed by atoms with Crippen LogP contribution in [0.4, 0.5) is 5.13 Å². The molecule has 0 aliphatic heterocycles. The Kier molecular flexibility index (Phi) is 3.23. The molecule has 0 aliphatic carbocycles. The second kappa shape index (κ2) is 4.06. The van der Waals surface area contributed by atoms with Gasteiger partial charge >= 0.3 is 0 Å². The number of amides is 1. The van der Waals surface area contributed by atoms with Gasteiger partial charge < -0.3 is 10.6 Å². The first-order valence-corrected chi connectivity index (χ1v) is 5.26. The number of carbonyl (C=O) groups is 1. The van der Waals surface area contributed by atoms with Crippen LogP contribution in [-0.4, -0.2) is 23.5 Å². The number of aryl methyl sites for hydroxylation is 1. The Hall–Kier alpha value is -0.940. The van der Waals surface area contributed by atoms with Crippen LogP contribution in [0.1, 0.15) is 19.5 Å². The van der Waals surface area contributed by atoms with E-state index in [1.54, 1.807) is 7.05 Å². The van der Waals surface area contributed by atoms with Gasteiger partial charge in [0.05, 0.1) is 11.2 Å². The molecule has 0 aromatic carbocycles. The lowest BCUT2D eigenvalue weighted by Gasteiger charge is -2.21. The summed E-state index contributed by atoms with van der Waals surface area (Å²) in [5.74, 6) is -0.0747. The van der Waals surface area contributed by atoms with Gasteiger partial charge in [-0.3, -0.25) is 4.79 Å². The zero-order chi connectivity index (χ0) is 10.8. The van der Waals surface area contributed by atoms with E-state index < -0.39 is 5.54 Å². The molecule has 1 rings (SSSR count). The van der Waals surface area contributed by atoms with Crippen molar-refractivity contribution in [1.82, 2.24) is 10.3 Å². The van der Waals surface area contributed by atoms with Gasteiger partial charge in [-0.1, -0.05) is 0 Å². The second-order valence-corrected chi connectivity index (χ2v) is 4.48. The summed E-state index contributed by atoms with van der Waals surface area (Å²) in [5.41, 5.74) is 0.354. The van der Waals surface area contributed by atoms with Crippen LogP contribution in [0.2, 0.25) is 0 Å². The third-order valence-corrected chi connectivity index (χ3v) is 2.91. The first-order chi connectivity index (χ1) is 6.45. The third-order valence-electron chi connectivity index (χ3n) is 2.03. The second-order valence-electron chi connectivity index (χ2n) is 3.62. The molecule has 5 heteroatoms. The van der Waals surface area contributed by atoms with Crippen molar-refractivity contribution < 1.29 is 4.79 Å². The average Bonchev–Trinajstić information content (AvgIpc) is 2.51. The van der Waals surface area contributed by atoms with Gasteiger partial charge in [0, 0.05) is 5.38 Å². The SMILES string of the molecule is CNC(C)(C)C(=O)Nc1nc(C)cs1. The minimum absolute atomic E-state index is 0.0747. The molecule has 2 N–H and O–H groups in total. The summed E-state index contributed by atoms with van der Waals surface area (Å²) < 4.78 is 0. The molecule has 14 heavy (non-hydrogen) atoms. The van der Waals surface area contributed by atoms with Gasteiger partial charge in [0.2, 0.25) is 5.91 Å². The highest BCUT2D eigenvalue weighted by Gasteiger charge is 2.25. The summed E-state index contributed by atoms with van der Waals surface area (Å²) in [5, 5.41) is 8.25. The number of thiazole rings is 1. The van der Waals surface area contributed by atoms with E-state index in [2.05, 4.69) is 15.6 Å². The van der Waals surface area contributed by atoms with Crippen LogP contribution in [-0.2, 0) is 4.79 Å². The smallest absolute Gasteiger partial charge is 0.245 e. The molecule has 0 saturated carbocycles. The van der Waals surface area contributed by atoms with Crippen LogP contribution < -0.4 is 10.6 Å². The van der Waals surface area contributed by atoms with Crippen LogP contribution >= 0.6 is 11.3 Å². The van der Waals surface area contributed by atoms with E-state index in [4.69, 9.17) is 0 Å². The average molecular weight is 213 g/mol. The van der Waals surface area contributed by atoms with E-state index in [-0.39, 0.29) is 5.91 Å². The standard InChI is InChI=1S/C9H15N3OS/c1-6-5-14-8(11-6)12-7(13)9(2,3)10-4/h5,10H,1-4H3,(H,11,12,13). The summed E-state index contributed by atoms with van der Waals surface area (Å²) in [6, 6.07) is 0. The fourth-order valence-electron chi connectivity index (χ4n) is 0.778. The largest absolute Gasteiger partial charge is 0.307 e. The normalized spacial score (nSPS) is 11.4. The molecule has 1 amide bonds. The lowest BCUT2D eigenvalue weighted by molar-refractivity contribution is -0.121. The summed E-state index contributed by atoms with van der Waals surface area (Å²) in [6.07, 6.45) is 0. The molecule has 0 atom stereocenters. The maximum atomic E-state index is 11.7. The number of likely N-dealkylation sites (N-methyl/N-ethyl adjacent to an activating group) is 1. The van der Waals surface area contributed by atoms with Crippen molar-refractivity contribution in [2.45, 2.75) is 26.3 Å². The minimum atomic E-state index is -0.570. The Labute approximate surface area is 87.7 Å². The van der Waals surface area contributed by atoms with Crippen molar-refractivity contribution >= 4 is 22.4 Å². The Morgan fingerprint density at radius 1 is 1.57 bits per heavy atom. The molecule has 4 nitrogen and oxygen atoms in total. The first-order valence-electron chi connectivity index (χ1n) is 4.38. The monoisotopic (exact) mass is 213 g/mol. The molecule has 0 unspecified atom stereocenters. The number of aromatic nitrogens is 1. The van der Waals surface area contributed by atoms with Crippen LogP contribution in [0, 0.1) is 6.92 Å². The molecule has 1 aromatic rings. The highest BCUT2D eigenvalue weighted by Crippen LogP contribution is 2.16. The topological polar surface area (TPSA) is 54.0 Å². The van der Waals surface area contributed by atoms with Gasteiger partial charge in [0.1, 0.15) is 0 Å². The Morgan fingerprint density at radius 3 is 2.64 bits per heavy atom. The van der Waals surface area contributed by atoms with Crippen molar-refractivity contribution in [3.05, 3.63) is 11.1 Å². The van der Waals surface area contributed by atoms with E-state index in [9.17, 15) is 4.79 Å². The van der Waals surface area contributed by atoms with Gasteiger partial charge in [-0.2, -0.15) is 0 Å². The molecule has 1 heterocycles. The molecule has 0 aliphatic rings. The predicted octanol–water partition coefficient (Wildman–Crippen LogP) is 1.39. The molecule has 0 bridgehead atoms. The molecule has 0 fully saturated rings. The summed E-state index contributed by atoms with van der Waals surface area (Å²) in [6.45, 7) is 5.54. The summed E-state index contributed by atoms with van der Waals surface area (Å²) >= 11 is 1.43. The highest BCUT2D eigenvalue weighted by atomic mass is 32.1. The van der Waals surface area contributed by atoms with E-state index >= 15 is 0 Å². The van der Waals surface area contributed by atoms with Gasteiger partial charge in [0.15, 0.2) is 5.13 Å². The van der Waals surface area contributed by atoms with E-state index in [0.717, 1.165) is 5.69 Å². The van der Waals surface area contributed by atoms with E-state index in [0.29, 0.717) is 5.13 Å². The molecule has 0 spiro atoms. The lowest BCUT2D eigenvalue weighted by Crippen LogP contribution is -2.47. The third kappa shape index (κ3) is 2.52. The number of nitrogens with zero attached hydrogens (tertiary/aromatic N) is 1. The highest BCUT2D eigenvalue weighted by molar-refractivity contribution is 7.13. The summed E-state index contributed by atoms with van der Waals surface area (Å²) in [7, 11) is 1.76. The molecule has 0 radical (unpaired) electrons. The zero-order valence-corrected chi connectivity index (χ0v) is 9.66. The van der Waals surface area contributed by atoms with Crippen molar-refractivity contribution in [1.29, 1.82) is 0 Å². The lowest BCUT2D eigenvalue weighted by atomic mass is 10.1. The Bertz CT molecular complexity index is 333. The maximum absolute atomic E-state index is 11.7. The number of anilines is 1. The quantitative estimate of drug-likeness (QED) is 0.797. The number of hydrogen-bond donors (Lipinski definition) is 2. The Balaban J connectivity index is 2.66. The molecule has 1 aromatic heterocycles. The number of rotatable bonds is 3. The molecular weight excluding hydrogens is 198 g/mol. The van der Waals surface area contributed by atoms with Gasteiger partial charge in [-0.05, 0) is 27.8 Å². The number of hydrogen-bond acceptors (Lipinski definition) is 4. The van der Waals surface area contributed by atoms with Gasteiger partial charge in [-0.15, -0.1) is 11.3 Å². The minimum Gasteiger partial charge on any atom is -0.307 e. The van der Waals surface area contributed by atoms with Crippen LogP contribution in [0.25, 0.3) is 0 Å². The van der Waals surface area contributed by atoms with Gasteiger partial charge in [0.25, 0.3) is 0 Å². The summed E-state index contributed by atoms with van der Waals surface area (Å²) in [4.78, 5) is 15.8. The van der Waals surface area contributed by atoms with Crippen molar-refractivity contribution in [3.63, 3.8) is 0 Å². The van der Waals surface area contributed by atoms with Crippen molar-refractivity contribution in [2.24, 2.45) is 0 Å². The van der Waals surface area contributed by atoms with Crippen LogP contribution in [0.3, 0.4) is 0 Å². The molecule has 78 valence electrons. The predicted molar refractivity (Wildman–Crippen MR) is 58.6 cm³/mol. The Morgan fingerprint density at radius 2 is 2.21 bits per heavy atom. The zero-order valence-electron chi connectivity index (χ0n) is 8.84. The first kappa shape index (κ1) is 11.1. The van der Waals surface area contributed by atoms with Crippen LogP contribution in [0.15, 0.2) is 5.38 Å². The number of nitrogens with one attached hydrogen (secondary N) is 2. The van der Waals surface area contributed by atoms with Crippen molar-refractivity contribution in [3.8, 4) is 0 Å². The number of carbonyl (C=O) groups excluding carboxylic acids is 1. The van der Waals surface area contributed by atoms with Crippen molar-refractivity contribution in [2.75, 3.05) is 12.4 Å². The van der Waals surface area contributed by atoms with Gasteiger partial charge in [-0.25, -0.2) is 4.98 Å². The molecular formula is C9H15N3OS. The molecule has 0 saturated heterocycles. The van der Waals surface area contributed by atoms with Crippen LogP contribution in [0.5, 0.6) is 0 Å². The fraction of sp³-hybridized carbons (Fsp3) is 0.556. The fourth-order valence-corrected chi connectivity index (χ4v) is 1.46. The maximum Gasteiger partial charge on any atom is 0.245 e.